The molecule has 90 valence electrons. The van der Waals surface area contributed by atoms with Crippen molar-refractivity contribution in [2.75, 3.05) is 5.73 Å². The Kier molecular flexibility index (Phi) is 2.33. The lowest BCUT2D eigenvalue weighted by Gasteiger charge is -1.99. The molecule has 0 aliphatic carbocycles. The molecular weight excluding hydrogens is 222 g/mol. The highest BCUT2D eigenvalue weighted by molar-refractivity contribution is 5.95. The van der Waals surface area contributed by atoms with E-state index < -0.39 is 0 Å². The molecule has 1 heterocycles. The maximum absolute atomic E-state index is 5.72. The predicted octanol–water partition coefficient (Wildman–Crippen LogP) is 3.13. The third-order valence-electron chi connectivity index (χ3n) is 3.25. The molecule has 0 spiro atoms. The van der Waals surface area contributed by atoms with Crippen molar-refractivity contribution >= 4 is 16.6 Å². The van der Waals surface area contributed by atoms with Crippen LogP contribution in [0.15, 0.2) is 42.5 Å². The summed E-state index contributed by atoms with van der Waals surface area (Å²) in [6.07, 6.45) is 0. The lowest BCUT2D eigenvalue weighted by molar-refractivity contribution is 0.798. The van der Waals surface area contributed by atoms with Gasteiger partial charge in [-0.1, -0.05) is 30.3 Å². The topological polar surface area (TPSA) is 43.8 Å². The molecule has 3 aromatic rings. The molecule has 18 heavy (non-hydrogen) atoms. The van der Waals surface area contributed by atoms with Crippen molar-refractivity contribution in [3.05, 3.63) is 48.0 Å². The molecule has 2 N–H and O–H groups in total. The quantitative estimate of drug-likeness (QED) is 0.661. The smallest absolute Gasteiger partial charge is 0.100 e. The summed E-state index contributed by atoms with van der Waals surface area (Å²) in [5.74, 6) is 0. The first-order valence-corrected chi connectivity index (χ1v) is 5.95. The summed E-state index contributed by atoms with van der Waals surface area (Å²) in [6.45, 7) is 2.11. The van der Waals surface area contributed by atoms with Crippen molar-refractivity contribution in [2.45, 2.75) is 6.92 Å². The summed E-state index contributed by atoms with van der Waals surface area (Å²) >= 11 is 0. The Labute approximate surface area is 106 Å². The van der Waals surface area contributed by atoms with Crippen LogP contribution in [0.4, 0.5) is 5.69 Å². The second-order valence-electron chi connectivity index (χ2n) is 4.57. The van der Waals surface area contributed by atoms with Crippen LogP contribution in [0.25, 0.3) is 22.2 Å². The van der Waals surface area contributed by atoms with E-state index in [1.165, 1.54) is 16.5 Å². The van der Waals surface area contributed by atoms with Crippen LogP contribution in [0.5, 0.6) is 0 Å². The number of nitrogen functional groups attached to an aromatic ring is 1. The largest absolute Gasteiger partial charge is 0.399 e. The number of rotatable bonds is 1. The van der Waals surface area contributed by atoms with Crippen LogP contribution in [0.3, 0.4) is 0 Å². The number of aromatic nitrogens is 2. The van der Waals surface area contributed by atoms with Gasteiger partial charge in [0.05, 0.1) is 5.52 Å². The number of para-hydroxylation sites is 1. The highest BCUT2D eigenvalue weighted by Crippen LogP contribution is 2.29. The van der Waals surface area contributed by atoms with Crippen LogP contribution in [-0.4, -0.2) is 9.78 Å². The van der Waals surface area contributed by atoms with Crippen LogP contribution < -0.4 is 5.73 Å². The molecule has 0 aliphatic rings. The molecule has 0 bridgehead atoms. The molecule has 0 unspecified atom stereocenters. The van der Waals surface area contributed by atoms with Gasteiger partial charge in [0, 0.05) is 23.7 Å². The average molecular weight is 237 g/mol. The number of fused-ring (bicyclic) bond motifs is 1. The minimum atomic E-state index is 0.773. The summed E-state index contributed by atoms with van der Waals surface area (Å²) < 4.78 is 1.94. The van der Waals surface area contributed by atoms with Gasteiger partial charge in [-0.05, 0) is 24.6 Å². The zero-order valence-electron chi connectivity index (χ0n) is 10.5. The maximum Gasteiger partial charge on any atom is 0.100 e. The molecule has 3 heteroatoms. The standard InChI is InChI=1S/C15H15N3/c1-10-4-3-5-13-14(17-18(2)15(10)13)11-6-8-12(16)9-7-11/h3-9H,16H2,1-2H3. The van der Waals surface area contributed by atoms with Gasteiger partial charge in [0.2, 0.25) is 0 Å². The number of hydrogen-bond acceptors (Lipinski definition) is 2. The summed E-state index contributed by atoms with van der Waals surface area (Å²) in [5.41, 5.74) is 11.0. The second kappa shape index (κ2) is 3.88. The Bertz CT molecular complexity index is 708. The molecule has 3 rings (SSSR count). The van der Waals surface area contributed by atoms with Crippen molar-refractivity contribution < 1.29 is 0 Å². The first-order chi connectivity index (χ1) is 8.66. The zero-order chi connectivity index (χ0) is 12.7. The van der Waals surface area contributed by atoms with E-state index in [2.05, 4.69) is 30.2 Å². The van der Waals surface area contributed by atoms with E-state index in [1.54, 1.807) is 0 Å². The van der Waals surface area contributed by atoms with E-state index >= 15 is 0 Å². The van der Waals surface area contributed by atoms with E-state index in [1.807, 2.05) is 36.0 Å². The van der Waals surface area contributed by atoms with Crippen molar-refractivity contribution in [1.29, 1.82) is 0 Å². The Balaban J connectivity index is 2.30. The van der Waals surface area contributed by atoms with Gasteiger partial charge in [-0.15, -0.1) is 0 Å². The van der Waals surface area contributed by atoms with Gasteiger partial charge in [0.1, 0.15) is 5.69 Å². The third-order valence-corrected chi connectivity index (χ3v) is 3.25. The summed E-state index contributed by atoms with van der Waals surface area (Å²) in [4.78, 5) is 0. The fraction of sp³-hybridized carbons (Fsp3) is 0.133. The normalized spacial score (nSPS) is 11.0. The fourth-order valence-corrected chi connectivity index (χ4v) is 2.39. The van der Waals surface area contributed by atoms with Crippen LogP contribution in [0.1, 0.15) is 5.56 Å². The highest BCUT2D eigenvalue weighted by Gasteiger charge is 2.11. The highest BCUT2D eigenvalue weighted by atomic mass is 15.3. The number of aryl methyl sites for hydroxylation is 2. The van der Waals surface area contributed by atoms with E-state index in [0.29, 0.717) is 0 Å². The van der Waals surface area contributed by atoms with Gasteiger partial charge in [-0.3, -0.25) is 4.68 Å². The molecule has 0 radical (unpaired) electrons. The molecule has 0 amide bonds. The molecule has 0 saturated carbocycles. The van der Waals surface area contributed by atoms with E-state index in [9.17, 15) is 0 Å². The zero-order valence-corrected chi connectivity index (χ0v) is 10.5. The summed E-state index contributed by atoms with van der Waals surface area (Å²) in [6, 6.07) is 14.1. The second-order valence-corrected chi connectivity index (χ2v) is 4.57. The first kappa shape index (κ1) is 10.8. The van der Waals surface area contributed by atoms with Crippen molar-refractivity contribution in [1.82, 2.24) is 9.78 Å². The Hall–Kier alpha value is -2.29. The summed E-state index contributed by atoms with van der Waals surface area (Å²) in [7, 11) is 1.98. The maximum atomic E-state index is 5.72. The van der Waals surface area contributed by atoms with Crippen LogP contribution in [0, 0.1) is 6.92 Å². The SMILES string of the molecule is Cc1cccc2c(-c3ccc(N)cc3)nn(C)c12. The van der Waals surface area contributed by atoms with Crippen LogP contribution in [0.2, 0.25) is 0 Å². The predicted molar refractivity (Wildman–Crippen MR) is 75.3 cm³/mol. The fourth-order valence-electron chi connectivity index (χ4n) is 2.39. The number of benzene rings is 2. The van der Waals surface area contributed by atoms with Crippen molar-refractivity contribution in [2.24, 2.45) is 7.05 Å². The first-order valence-electron chi connectivity index (χ1n) is 5.95. The van der Waals surface area contributed by atoms with E-state index in [4.69, 9.17) is 5.73 Å². The summed E-state index contributed by atoms with van der Waals surface area (Å²) in [5, 5.41) is 5.81. The molecular formula is C15H15N3. The van der Waals surface area contributed by atoms with Gasteiger partial charge in [-0.2, -0.15) is 5.10 Å². The van der Waals surface area contributed by atoms with Gasteiger partial charge < -0.3 is 5.73 Å². The molecule has 1 aromatic heterocycles. The van der Waals surface area contributed by atoms with Crippen LogP contribution in [-0.2, 0) is 7.05 Å². The van der Waals surface area contributed by atoms with Gasteiger partial charge in [0.15, 0.2) is 0 Å². The monoisotopic (exact) mass is 237 g/mol. The van der Waals surface area contributed by atoms with Crippen molar-refractivity contribution in [3.63, 3.8) is 0 Å². The minimum absolute atomic E-state index is 0.773. The Morgan fingerprint density at radius 1 is 1.06 bits per heavy atom. The molecule has 2 aromatic carbocycles. The third kappa shape index (κ3) is 1.56. The molecule has 0 atom stereocenters. The lowest BCUT2D eigenvalue weighted by Crippen LogP contribution is -1.91. The number of nitrogens with two attached hydrogens (primary N) is 1. The lowest BCUT2D eigenvalue weighted by atomic mass is 10.1. The van der Waals surface area contributed by atoms with Gasteiger partial charge >= 0.3 is 0 Å². The van der Waals surface area contributed by atoms with Gasteiger partial charge in [0.25, 0.3) is 0 Å². The van der Waals surface area contributed by atoms with Crippen LogP contribution >= 0.6 is 0 Å². The van der Waals surface area contributed by atoms with E-state index in [-0.39, 0.29) is 0 Å². The number of hydrogen-bond donors (Lipinski definition) is 1. The van der Waals surface area contributed by atoms with Crippen molar-refractivity contribution in [3.8, 4) is 11.3 Å². The van der Waals surface area contributed by atoms with Gasteiger partial charge in [-0.25, -0.2) is 0 Å². The molecule has 0 fully saturated rings. The molecule has 0 aliphatic heterocycles. The average Bonchev–Trinajstić information content (AvgIpc) is 2.69. The minimum Gasteiger partial charge on any atom is -0.399 e. The Morgan fingerprint density at radius 3 is 2.50 bits per heavy atom. The number of nitrogens with zero attached hydrogens (tertiary/aromatic N) is 2. The number of anilines is 1. The van der Waals surface area contributed by atoms with E-state index in [0.717, 1.165) is 16.9 Å². The molecule has 0 saturated heterocycles. The Morgan fingerprint density at radius 2 is 1.78 bits per heavy atom. The molecule has 3 nitrogen and oxygen atoms in total.